The number of pyridine rings is 1. The van der Waals surface area contributed by atoms with Gasteiger partial charge in [0.1, 0.15) is 11.6 Å². The standard InChI is InChI=1S/C19H24N6O/c1-11(2)22-19(26)13-5-4-8-25(10-13)18-16-14-6-7-20-17(14)21-9-15(16)23-12(3)24-18/h6-7,9,11,13H,4-5,8,10H2,1-3H3,(H,22,26)(H,23,24). The number of hydrogen-bond acceptors (Lipinski definition) is 5. The van der Waals surface area contributed by atoms with Crippen LogP contribution >= 0.6 is 0 Å². The van der Waals surface area contributed by atoms with Gasteiger partial charge in [-0.2, -0.15) is 0 Å². The molecule has 7 heteroatoms. The molecule has 3 aromatic rings. The van der Waals surface area contributed by atoms with Crippen molar-refractivity contribution in [3.8, 4) is 0 Å². The number of fused-ring (bicyclic) bond motifs is 3. The van der Waals surface area contributed by atoms with Crippen LogP contribution in [0.4, 0.5) is 5.82 Å². The second-order valence-corrected chi connectivity index (χ2v) is 7.32. The van der Waals surface area contributed by atoms with Gasteiger partial charge < -0.3 is 15.2 Å². The maximum absolute atomic E-state index is 12.5. The molecule has 1 aliphatic heterocycles. The summed E-state index contributed by atoms with van der Waals surface area (Å²) >= 11 is 0. The number of aryl methyl sites for hydroxylation is 1. The molecule has 2 N–H and O–H groups in total. The lowest BCUT2D eigenvalue weighted by Crippen LogP contribution is -2.45. The number of aromatic nitrogens is 4. The van der Waals surface area contributed by atoms with Crippen molar-refractivity contribution < 1.29 is 4.79 Å². The minimum Gasteiger partial charge on any atom is -0.355 e. The predicted octanol–water partition coefficient (Wildman–Crippen LogP) is 2.56. The number of anilines is 1. The first-order chi connectivity index (χ1) is 12.5. The van der Waals surface area contributed by atoms with Crippen molar-refractivity contribution in [1.29, 1.82) is 0 Å². The Bertz CT molecular complexity index is 963. The molecule has 0 aliphatic carbocycles. The van der Waals surface area contributed by atoms with E-state index >= 15 is 0 Å². The van der Waals surface area contributed by atoms with Crippen LogP contribution < -0.4 is 10.2 Å². The summed E-state index contributed by atoms with van der Waals surface area (Å²) in [7, 11) is 0. The third-order valence-corrected chi connectivity index (χ3v) is 4.87. The molecule has 1 fully saturated rings. The van der Waals surface area contributed by atoms with Crippen molar-refractivity contribution in [2.45, 2.75) is 39.7 Å². The summed E-state index contributed by atoms with van der Waals surface area (Å²) in [6.45, 7) is 7.52. The summed E-state index contributed by atoms with van der Waals surface area (Å²) < 4.78 is 0. The molecule has 1 unspecified atom stereocenters. The Morgan fingerprint density at radius 2 is 2.23 bits per heavy atom. The van der Waals surface area contributed by atoms with Gasteiger partial charge in [-0.05, 0) is 39.7 Å². The molecule has 1 aliphatic rings. The minimum atomic E-state index is -0.0115. The van der Waals surface area contributed by atoms with E-state index in [4.69, 9.17) is 4.98 Å². The van der Waals surface area contributed by atoms with E-state index in [1.54, 1.807) is 6.20 Å². The summed E-state index contributed by atoms with van der Waals surface area (Å²) in [6, 6.07) is 2.14. The van der Waals surface area contributed by atoms with Crippen LogP contribution in [0.15, 0.2) is 18.5 Å². The molecule has 1 saturated heterocycles. The summed E-state index contributed by atoms with van der Waals surface area (Å²) in [6.07, 6.45) is 5.48. The maximum Gasteiger partial charge on any atom is 0.225 e. The Morgan fingerprint density at radius 1 is 1.38 bits per heavy atom. The molecule has 3 aromatic heterocycles. The lowest BCUT2D eigenvalue weighted by Gasteiger charge is -2.34. The molecular weight excluding hydrogens is 328 g/mol. The van der Waals surface area contributed by atoms with E-state index in [1.165, 1.54) is 0 Å². The second kappa shape index (κ2) is 6.55. The second-order valence-electron chi connectivity index (χ2n) is 7.32. The summed E-state index contributed by atoms with van der Waals surface area (Å²) in [5.41, 5.74) is 1.67. The first kappa shape index (κ1) is 16.8. The van der Waals surface area contributed by atoms with Crippen LogP contribution in [-0.2, 0) is 4.79 Å². The van der Waals surface area contributed by atoms with Crippen molar-refractivity contribution in [3.05, 3.63) is 24.3 Å². The Morgan fingerprint density at radius 3 is 3.04 bits per heavy atom. The number of piperidine rings is 1. The average molecular weight is 352 g/mol. The van der Waals surface area contributed by atoms with E-state index in [0.29, 0.717) is 6.54 Å². The van der Waals surface area contributed by atoms with Gasteiger partial charge in [0.05, 0.1) is 23.0 Å². The highest BCUT2D eigenvalue weighted by Crippen LogP contribution is 2.32. The van der Waals surface area contributed by atoms with E-state index in [-0.39, 0.29) is 17.9 Å². The summed E-state index contributed by atoms with van der Waals surface area (Å²) in [5.74, 6) is 1.87. The zero-order chi connectivity index (χ0) is 18.3. The lowest BCUT2D eigenvalue weighted by molar-refractivity contribution is -0.125. The van der Waals surface area contributed by atoms with Crippen LogP contribution in [0, 0.1) is 12.8 Å². The molecule has 1 atom stereocenters. The summed E-state index contributed by atoms with van der Waals surface area (Å²) in [4.78, 5) is 31.6. The monoisotopic (exact) mass is 352 g/mol. The van der Waals surface area contributed by atoms with Crippen LogP contribution in [0.25, 0.3) is 21.9 Å². The SMILES string of the molecule is Cc1nc(N2CCCC(C(=O)NC(C)C)C2)c2c(cnc3nccc32)[nH]1. The molecule has 4 rings (SSSR count). The highest BCUT2D eigenvalue weighted by molar-refractivity contribution is 6.09. The van der Waals surface area contributed by atoms with Gasteiger partial charge in [-0.1, -0.05) is 0 Å². The molecular formula is C19H24N6O. The number of H-pyrrole nitrogens is 1. The third-order valence-electron chi connectivity index (χ3n) is 4.87. The number of aromatic amines is 1. The molecule has 0 spiro atoms. The quantitative estimate of drug-likeness (QED) is 0.756. The number of rotatable bonds is 3. The third kappa shape index (κ3) is 2.98. The normalized spacial score (nSPS) is 18.0. The van der Waals surface area contributed by atoms with E-state index in [1.807, 2.05) is 33.0 Å². The van der Waals surface area contributed by atoms with Crippen molar-refractivity contribution in [2.75, 3.05) is 18.0 Å². The number of nitrogens with one attached hydrogen (secondary N) is 2. The number of carbonyl (C=O) groups is 1. The Kier molecular flexibility index (Phi) is 4.22. The largest absolute Gasteiger partial charge is 0.355 e. The lowest BCUT2D eigenvalue weighted by atomic mass is 9.96. The average Bonchev–Trinajstić information content (AvgIpc) is 3.09. The van der Waals surface area contributed by atoms with Crippen LogP contribution in [-0.4, -0.2) is 45.0 Å². The topological polar surface area (TPSA) is 86.8 Å². The molecule has 4 heterocycles. The molecule has 0 bridgehead atoms. The molecule has 0 radical (unpaired) electrons. The Balaban J connectivity index is 1.75. The van der Waals surface area contributed by atoms with Gasteiger partial charge in [0, 0.05) is 30.7 Å². The number of hydrogen-bond donors (Lipinski definition) is 2. The van der Waals surface area contributed by atoms with Gasteiger partial charge in [0.15, 0.2) is 5.65 Å². The first-order valence-corrected chi connectivity index (χ1v) is 9.18. The molecule has 0 aromatic carbocycles. The van der Waals surface area contributed by atoms with Gasteiger partial charge in [0.25, 0.3) is 0 Å². The van der Waals surface area contributed by atoms with Crippen molar-refractivity contribution in [2.24, 2.45) is 5.92 Å². The number of nitrogens with zero attached hydrogens (tertiary/aromatic N) is 4. The fourth-order valence-electron chi connectivity index (χ4n) is 3.75. The van der Waals surface area contributed by atoms with E-state index in [0.717, 1.165) is 53.0 Å². The van der Waals surface area contributed by atoms with Gasteiger partial charge in [0.2, 0.25) is 5.91 Å². The molecule has 136 valence electrons. The highest BCUT2D eigenvalue weighted by atomic mass is 16.2. The molecule has 7 nitrogen and oxygen atoms in total. The highest BCUT2D eigenvalue weighted by Gasteiger charge is 2.28. The molecule has 0 saturated carbocycles. The van der Waals surface area contributed by atoms with Crippen LogP contribution in [0.2, 0.25) is 0 Å². The van der Waals surface area contributed by atoms with Crippen LogP contribution in [0.5, 0.6) is 0 Å². The van der Waals surface area contributed by atoms with E-state index in [9.17, 15) is 4.79 Å². The summed E-state index contributed by atoms with van der Waals surface area (Å²) in [5, 5.41) is 5.07. The zero-order valence-corrected chi connectivity index (χ0v) is 15.4. The van der Waals surface area contributed by atoms with Crippen molar-refractivity contribution >= 4 is 33.7 Å². The Labute approximate surface area is 152 Å². The van der Waals surface area contributed by atoms with Gasteiger partial charge >= 0.3 is 0 Å². The zero-order valence-electron chi connectivity index (χ0n) is 15.4. The van der Waals surface area contributed by atoms with Gasteiger partial charge in [-0.3, -0.25) is 4.79 Å². The van der Waals surface area contributed by atoms with Crippen LogP contribution in [0.1, 0.15) is 32.5 Å². The van der Waals surface area contributed by atoms with Crippen molar-refractivity contribution in [1.82, 2.24) is 25.3 Å². The fourth-order valence-corrected chi connectivity index (χ4v) is 3.75. The predicted molar refractivity (Wildman–Crippen MR) is 102 cm³/mol. The number of amides is 1. The minimum absolute atomic E-state index is 0.0115. The Hall–Kier alpha value is -2.70. The smallest absolute Gasteiger partial charge is 0.225 e. The number of carbonyl (C=O) groups excluding carboxylic acids is 1. The molecule has 1 amide bonds. The first-order valence-electron chi connectivity index (χ1n) is 9.18. The van der Waals surface area contributed by atoms with E-state index in [2.05, 4.69) is 25.2 Å². The van der Waals surface area contributed by atoms with Crippen molar-refractivity contribution in [3.63, 3.8) is 0 Å². The van der Waals surface area contributed by atoms with Crippen LogP contribution in [0.3, 0.4) is 0 Å². The maximum atomic E-state index is 12.5. The fraction of sp³-hybridized carbons (Fsp3) is 0.474. The van der Waals surface area contributed by atoms with Gasteiger partial charge in [-0.15, -0.1) is 0 Å². The molecule has 26 heavy (non-hydrogen) atoms. The van der Waals surface area contributed by atoms with E-state index < -0.39 is 0 Å². The van der Waals surface area contributed by atoms with Gasteiger partial charge in [-0.25, -0.2) is 15.0 Å².